The number of nitrogens with zero attached hydrogens (tertiary/aromatic N) is 3. The molecule has 1 aliphatic rings. The fraction of sp³-hybridized carbons (Fsp3) is 0.318. The van der Waals surface area contributed by atoms with Crippen molar-refractivity contribution in [2.45, 2.75) is 19.4 Å². The number of piperidine rings is 1. The molecule has 0 radical (unpaired) electrons. The Morgan fingerprint density at radius 3 is 2.72 bits per heavy atom. The monoisotopic (exact) mass is 392 g/mol. The van der Waals surface area contributed by atoms with Crippen LogP contribution in [-0.4, -0.2) is 36.2 Å². The molecule has 0 atom stereocenters. The van der Waals surface area contributed by atoms with Gasteiger partial charge in [-0.05, 0) is 48.7 Å². The maximum absolute atomic E-state index is 12.5. The van der Waals surface area contributed by atoms with Crippen LogP contribution in [0.1, 0.15) is 18.4 Å². The Morgan fingerprint density at radius 1 is 1.24 bits per heavy atom. The normalized spacial score (nSPS) is 14.6. The van der Waals surface area contributed by atoms with Gasteiger partial charge in [0.2, 0.25) is 11.8 Å². The lowest BCUT2D eigenvalue weighted by atomic mass is 9.96. The summed E-state index contributed by atoms with van der Waals surface area (Å²) in [6.45, 7) is 2.05. The number of carbonyl (C=O) groups excluding carboxylic acids is 1. The molecule has 0 unspecified atom stereocenters. The third-order valence-corrected chi connectivity index (χ3v) is 5.25. The zero-order chi connectivity index (χ0) is 20.1. The van der Waals surface area contributed by atoms with E-state index < -0.39 is 0 Å². The van der Waals surface area contributed by atoms with E-state index in [2.05, 4.69) is 20.4 Å². The molecule has 1 saturated heterocycles. The van der Waals surface area contributed by atoms with Crippen molar-refractivity contribution in [1.29, 1.82) is 0 Å². The first-order valence-corrected chi connectivity index (χ1v) is 9.75. The Bertz CT molecular complexity index is 932. The molecule has 29 heavy (non-hydrogen) atoms. The van der Waals surface area contributed by atoms with Gasteiger partial charge in [0.05, 0.1) is 7.11 Å². The van der Waals surface area contributed by atoms with E-state index in [1.807, 2.05) is 42.5 Å². The van der Waals surface area contributed by atoms with Crippen molar-refractivity contribution in [1.82, 2.24) is 15.5 Å². The second-order valence-corrected chi connectivity index (χ2v) is 7.12. The molecular weight excluding hydrogens is 368 g/mol. The fourth-order valence-electron chi connectivity index (χ4n) is 3.51. The van der Waals surface area contributed by atoms with Gasteiger partial charge in [-0.15, -0.1) is 0 Å². The van der Waals surface area contributed by atoms with Crippen LogP contribution in [0.5, 0.6) is 5.75 Å². The van der Waals surface area contributed by atoms with E-state index in [1.54, 1.807) is 19.5 Å². The van der Waals surface area contributed by atoms with Crippen LogP contribution in [-0.2, 0) is 11.3 Å². The molecule has 1 N–H and O–H groups in total. The van der Waals surface area contributed by atoms with Gasteiger partial charge in [0.25, 0.3) is 0 Å². The number of amides is 1. The number of rotatable bonds is 6. The van der Waals surface area contributed by atoms with E-state index in [0.29, 0.717) is 6.54 Å². The lowest BCUT2D eigenvalue weighted by Gasteiger charge is -2.30. The second-order valence-electron chi connectivity index (χ2n) is 7.12. The van der Waals surface area contributed by atoms with Gasteiger partial charge < -0.3 is 19.5 Å². The largest absolute Gasteiger partial charge is 0.497 e. The first kappa shape index (κ1) is 19.0. The van der Waals surface area contributed by atoms with Gasteiger partial charge in [-0.25, -0.2) is 0 Å². The highest BCUT2D eigenvalue weighted by molar-refractivity contribution is 5.79. The number of methoxy groups -OCH3 is 1. The van der Waals surface area contributed by atoms with E-state index in [0.717, 1.165) is 54.4 Å². The molecule has 3 heterocycles. The third-order valence-electron chi connectivity index (χ3n) is 5.25. The van der Waals surface area contributed by atoms with E-state index >= 15 is 0 Å². The van der Waals surface area contributed by atoms with Crippen LogP contribution < -0.4 is 15.0 Å². The molecule has 0 bridgehead atoms. The summed E-state index contributed by atoms with van der Waals surface area (Å²) in [4.78, 5) is 18.7. The van der Waals surface area contributed by atoms with Crippen LogP contribution in [0.15, 0.2) is 59.4 Å². The van der Waals surface area contributed by atoms with Crippen molar-refractivity contribution in [3.05, 3.63) is 60.4 Å². The number of benzene rings is 1. The molecule has 4 rings (SSSR count). The highest BCUT2D eigenvalue weighted by atomic mass is 16.5. The Labute approximate surface area is 169 Å². The predicted octanol–water partition coefficient (Wildman–Crippen LogP) is 3.28. The lowest BCUT2D eigenvalue weighted by Crippen LogP contribution is -2.40. The van der Waals surface area contributed by atoms with E-state index in [1.165, 1.54) is 0 Å². The summed E-state index contributed by atoms with van der Waals surface area (Å²) >= 11 is 0. The van der Waals surface area contributed by atoms with E-state index in [9.17, 15) is 4.79 Å². The van der Waals surface area contributed by atoms with Crippen LogP contribution >= 0.6 is 0 Å². The van der Waals surface area contributed by atoms with Gasteiger partial charge in [0, 0.05) is 49.6 Å². The average molecular weight is 392 g/mol. The van der Waals surface area contributed by atoms with E-state index in [4.69, 9.17) is 9.26 Å². The fourth-order valence-corrected chi connectivity index (χ4v) is 3.51. The van der Waals surface area contributed by atoms with Crippen LogP contribution in [0.25, 0.3) is 11.3 Å². The second kappa shape index (κ2) is 8.77. The Balaban J connectivity index is 1.30. The highest BCUT2D eigenvalue weighted by Crippen LogP contribution is 2.28. The average Bonchev–Trinajstić information content (AvgIpc) is 3.29. The van der Waals surface area contributed by atoms with Crippen LogP contribution in [0, 0.1) is 5.92 Å². The smallest absolute Gasteiger partial charge is 0.227 e. The number of nitrogens with one attached hydrogen (secondary N) is 1. The molecule has 3 aromatic rings. The minimum Gasteiger partial charge on any atom is -0.497 e. The van der Waals surface area contributed by atoms with Crippen molar-refractivity contribution in [3.8, 4) is 17.0 Å². The summed E-state index contributed by atoms with van der Waals surface area (Å²) in [5.41, 5.74) is 2.77. The van der Waals surface area contributed by atoms with Gasteiger partial charge in [-0.1, -0.05) is 11.2 Å². The molecule has 7 heteroatoms. The Kier molecular flexibility index (Phi) is 5.74. The zero-order valence-electron chi connectivity index (χ0n) is 16.4. The van der Waals surface area contributed by atoms with E-state index in [-0.39, 0.29) is 11.8 Å². The number of ether oxygens (including phenoxy) is 1. The first-order valence-electron chi connectivity index (χ1n) is 9.75. The summed E-state index contributed by atoms with van der Waals surface area (Å²) in [6.07, 6.45) is 5.08. The number of aromatic nitrogens is 2. The molecule has 0 aliphatic carbocycles. The maximum Gasteiger partial charge on any atom is 0.227 e. The summed E-state index contributed by atoms with van der Waals surface area (Å²) in [5.74, 6) is 1.67. The van der Waals surface area contributed by atoms with Crippen molar-refractivity contribution in [2.75, 3.05) is 25.1 Å². The number of anilines is 1. The van der Waals surface area contributed by atoms with Crippen molar-refractivity contribution in [3.63, 3.8) is 0 Å². The Morgan fingerprint density at radius 2 is 2.03 bits per heavy atom. The summed E-state index contributed by atoms with van der Waals surface area (Å²) in [5, 5.41) is 7.21. The number of carbonyl (C=O) groups is 1. The van der Waals surface area contributed by atoms with Crippen molar-refractivity contribution < 1.29 is 14.1 Å². The first-order chi connectivity index (χ1) is 14.2. The van der Waals surface area contributed by atoms with Gasteiger partial charge in [0.1, 0.15) is 11.4 Å². The number of pyridine rings is 1. The third kappa shape index (κ3) is 4.56. The molecule has 1 aromatic carbocycles. The van der Waals surface area contributed by atoms with Crippen LogP contribution in [0.3, 0.4) is 0 Å². The zero-order valence-corrected chi connectivity index (χ0v) is 16.4. The minimum atomic E-state index is 0.0203. The van der Waals surface area contributed by atoms with Crippen molar-refractivity contribution >= 4 is 11.8 Å². The molecule has 0 saturated carbocycles. The predicted molar refractivity (Wildman–Crippen MR) is 110 cm³/mol. The molecule has 1 amide bonds. The molecule has 1 fully saturated rings. The van der Waals surface area contributed by atoms with Crippen molar-refractivity contribution in [2.24, 2.45) is 5.92 Å². The quantitative estimate of drug-likeness (QED) is 0.693. The molecule has 7 nitrogen and oxygen atoms in total. The summed E-state index contributed by atoms with van der Waals surface area (Å²) in [6, 6.07) is 13.5. The molecular formula is C22H24N4O3. The lowest BCUT2D eigenvalue weighted by molar-refractivity contribution is -0.125. The summed E-state index contributed by atoms with van der Waals surface area (Å²) in [7, 11) is 1.64. The highest BCUT2D eigenvalue weighted by Gasteiger charge is 2.26. The van der Waals surface area contributed by atoms with Gasteiger partial charge in [0.15, 0.2) is 0 Å². The van der Waals surface area contributed by atoms with Gasteiger partial charge in [-0.2, -0.15) is 0 Å². The van der Waals surface area contributed by atoms with Crippen LogP contribution in [0.4, 0.5) is 5.88 Å². The van der Waals surface area contributed by atoms with Crippen LogP contribution in [0.2, 0.25) is 0 Å². The molecule has 1 aliphatic heterocycles. The molecule has 150 valence electrons. The maximum atomic E-state index is 12.5. The minimum absolute atomic E-state index is 0.0203. The Hall–Kier alpha value is -3.35. The number of hydrogen-bond donors (Lipinski definition) is 1. The van der Waals surface area contributed by atoms with Gasteiger partial charge >= 0.3 is 0 Å². The van der Waals surface area contributed by atoms with Gasteiger partial charge in [-0.3, -0.25) is 9.78 Å². The SMILES string of the molecule is COc1ccc(-c2cc(N3CCC(C(=O)NCc4cccnc4)CC3)on2)cc1. The number of hydrogen-bond acceptors (Lipinski definition) is 6. The topological polar surface area (TPSA) is 80.5 Å². The summed E-state index contributed by atoms with van der Waals surface area (Å²) < 4.78 is 10.7. The standard InChI is InChI=1S/C22H24N4O3/c1-28-19-6-4-17(5-7-19)20-13-21(29-25-20)26-11-8-18(9-12-26)22(27)24-15-16-3-2-10-23-14-16/h2-7,10,13-14,18H,8-9,11-12,15H2,1H3,(H,24,27). The molecule has 0 spiro atoms. The molecule has 2 aromatic heterocycles.